The van der Waals surface area contributed by atoms with Crippen LogP contribution in [-0.4, -0.2) is 35.0 Å². The number of likely N-dealkylation sites (N-methyl/N-ethyl adjacent to an activating group) is 1. The molecule has 0 radical (unpaired) electrons. The van der Waals surface area contributed by atoms with Crippen LogP contribution in [-0.2, 0) is 6.42 Å². The standard InChI is InChI=1S/C12H20N4/c1-8-10-5-7-16(3)11(4-6-13)12(10)15-9(2)14-8/h11H,4-7,13H2,1-3H3. The van der Waals surface area contributed by atoms with Crippen molar-refractivity contribution in [3.63, 3.8) is 0 Å². The lowest BCUT2D eigenvalue weighted by Gasteiger charge is -2.34. The summed E-state index contributed by atoms with van der Waals surface area (Å²) in [4.78, 5) is 11.4. The predicted molar refractivity (Wildman–Crippen MR) is 64.3 cm³/mol. The van der Waals surface area contributed by atoms with Crippen LogP contribution in [0.15, 0.2) is 0 Å². The fourth-order valence-corrected chi connectivity index (χ4v) is 2.51. The normalized spacial score (nSPS) is 20.9. The number of nitrogens with zero attached hydrogens (tertiary/aromatic N) is 3. The number of aryl methyl sites for hydroxylation is 2. The van der Waals surface area contributed by atoms with Crippen molar-refractivity contribution in [3.8, 4) is 0 Å². The van der Waals surface area contributed by atoms with E-state index in [2.05, 4.69) is 28.8 Å². The monoisotopic (exact) mass is 220 g/mol. The number of aromatic nitrogens is 2. The molecule has 1 aliphatic rings. The van der Waals surface area contributed by atoms with E-state index in [0.29, 0.717) is 12.6 Å². The summed E-state index contributed by atoms with van der Waals surface area (Å²) in [5.41, 5.74) is 9.36. The zero-order valence-corrected chi connectivity index (χ0v) is 10.3. The smallest absolute Gasteiger partial charge is 0.125 e. The first-order valence-corrected chi connectivity index (χ1v) is 5.87. The minimum atomic E-state index is 0.370. The largest absolute Gasteiger partial charge is 0.330 e. The van der Waals surface area contributed by atoms with E-state index in [1.165, 1.54) is 11.3 Å². The molecule has 4 nitrogen and oxygen atoms in total. The molecule has 1 atom stereocenters. The molecule has 0 spiro atoms. The van der Waals surface area contributed by atoms with Crippen LogP contribution >= 0.6 is 0 Å². The maximum absolute atomic E-state index is 5.68. The van der Waals surface area contributed by atoms with Crippen LogP contribution in [0, 0.1) is 13.8 Å². The second kappa shape index (κ2) is 4.47. The summed E-state index contributed by atoms with van der Waals surface area (Å²) in [5.74, 6) is 0.869. The van der Waals surface area contributed by atoms with Crippen LogP contribution in [0.5, 0.6) is 0 Å². The van der Waals surface area contributed by atoms with Gasteiger partial charge in [0.25, 0.3) is 0 Å². The molecule has 0 amide bonds. The maximum Gasteiger partial charge on any atom is 0.125 e. The molecule has 0 aromatic carbocycles. The zero-order chi connectivity index (χ0) is 11.7. The first-order chi connectivity index (χ1) is 7.63. The lowest BCUT2D eigenvalue weighted by Crippen LogP contribution is -2.35. The van der Waals surface area contributed by atoms with Crippen LogP contribution in [0.1, 0.15) is 35.2 Å². The molecule has 0 saturated carbocycles. The summed E-state index contributed by atoms with van der Waals surface area (Å²) in [6.45, 7) is 5.82. The van der Waals surface area contributed by atoms with Gasteiger partial charge >= 0.3 is 0 Å². The minimum Gasteiger partial charge on any atom is -0.330 e. The minimum absolute atomic E-state index is 0.370. The number of fused-ring (bicyclic) bond motifs is 1. The third-order valence-electron chi connectivity index (χ3n) is 3.36. The lowest BCUT2D eigenvalue weighted by atomic mass is 9.95. The Morgan fingerprint density at radius 2 is 2.12 bits per heavy atom. The van der Waals surface area contributed by atoms with Gasteiger partial charge in [0.1, 0.15) is 5.82 Å². The third kappa shape index (κ3) is 1.95. The van der Waals surface area contributed by atoms with Gasteiger partial charge in [-0.2, -0.15) is 0 Å². The fraction of sp³-hybridized carbons (Fsp3) is 0.667. The van der Waals surface area contributed by atoms with E-state index in [0.717, 1.165) is 30.9 Å². The Morgan fingerprint density at radius 3 is 2.81 bits per heavy atom. The van der Waals surface area contributed by atoms with Gasteiger partial charge in [-0.3, -0.25) is 4.90 Å². The van der Waals surface area contributed by atoms with Crippen molar-refractivity contribution in [2.24, 2.45) is 5.73 Å². The average molecular weight is 220 g/mol. The Labute approximate surface area is 96.9 Å². The van der Waals surface area contributed by atoms with E-state index < -0.39 is 0 Å². The van der Waals surface area contributed by atoms with Gasteiger partial charge < -0.3 is 5.73 Å². The van der Waals surface area contributed by atoms with Crippen molar-refractivity contribution in [2.45, 2.75) is 32.7 Å². The second-order valence-electron chi connectivity index (χ2n) is 4.54. The van der Waals surface area contributed by atoms with E-state index in [1.807, 2.05) is 6.92 Å². The molecule has 4 heteroatoms. The molecule has 2 rings (SSSR count). The molecule has 88 valence electrons. The van der Waals surface area contributed by atoms with Crippen LogP contribution in [0.3, 0.4) is 0 Å². The van der Waals surface area contributed by atoms with Gasteiger partial charge in [-0.1, -0.05) is 0 Å². The van der Waals surface area contributed by atoms with E-state index in [1.54, 1.807) is 0 Å². The molecule has 0 bridgehead atoms. The van der Waals surface area contributed by atoms with Crippen molar-refractivity contribution < 1.29 is 0 Å². The Balaban J connectivity index is 2.45. The average Bonchev–Trinajstić information content (AvgIpc) is 2.22. The van der Waals surface area contributed by atoms with Gasteiger partial charge in [-0.05, 0) is 45.8 Å². The molecule has 16 heavy (non-hydrogen) atoms. The molecule has 1 aromatic heterocycles. The fourth-order valence-electron chi connectivity index (χ4n) is 2.51. The first kappa shape index (κ1) is 11.5. The first-order valence-electron chi connectivity index (χ1n) is 5.87. The molecule has 1 unspecified atom stereocenters. The van der Waals surface area contributed by atoms with E-state index >= 15 is 0 Å². The van der Waals surface area contributed by atoms with Gasteiger partial charge in [0, 0.05) is 12.2 Å². The number of rotatable bonds is 2. The van der Waals surface area contributed by atoms with Gasteiger partial charge in [0.2, 0.25) is 0 Å². The van der Waals surface area contributed by atoms with Gasteiger partial charge in [0.05, 0.1) is 11.7 Å². The molecule has 1 aromatic rings. The van der Waals surface area contributed by atoms with Gasteiger partial charge in [-0.15, -0.1) is 0 Å². The summed E-state index contributed by atoms with van der Waals surface area (Å²) in [6, 6.07) is 0.370. The molecule has 2 N–H and O–H groups in total. The predicted octanol–water partition coefficient (Wildman–Crippen LogP) is 0.971. The summed E-state index contributed by atoms with van der Waals surface area (Å²) in [5, 5.41) is 0. The van der Waals surface area contributed by atoms with Crippen LogP contribution < -0.4 is 5.73 Å². The van der Waals surface area contributed by atoms with Crippen molar-refractivity contribution in [1.29, 1.82) is 0 Å². The quantitative estimate of drug-likeness (QED) is 0.807. The Hall–Kier alpha value is -1.00. The highest BCUT2D eigenvalue weighted by molar-refractivity contribution is 5.30. The van der Waals surface area contributed by atoms with Crippen molar-refractivity contribution >= 4 is 0 Å². The molecule has 0 aliphatic carbocycles. The van der Waals surface area contributed by atoms with Gasteiger partial charge in [-0.25, -0.2) is 9.97 Å². The van der Waals surface area contributed by atoms with E-state index in [4.69, 9.17) is 5.73 Å². The van der Waals surface area contributed by atoms with Crippen LogP contribution in [0.2, 0.25) is 0 Å². The lowest BCUT2D eigenvalue weighted by molar-refractivity contribution is 0.215. The van der Waals surface area contributed by atoms with Crippen LogP contribution in [0.4, 0.5) is 0 Å². The maximum atomic E-state index is 5.68. The Morgan fingerprint density at radius 1 is 1.38 bits per heavy atom. The number of hydrogen-bond donors (Lipinski definition) is 1. The third-order valence-corrected chi connectivity index (χ3v) is 3.36. The second-order valence-corrected chi connectivity index (χ2v) is 4.54. The summed E-state index contributed by atoms with van der Waals surface area (Å²) in [7, 11) is 2.15. The summed E-state index contributed by atoms with van der Waals surface area (Å²) >= 11 is 0. The van der Waals surface area contributed by atoms with Crippen molar-refractivity contribution in [2.75, 3.05) is 20.1 Å². The summed E-state index contributed by atoms with van der Waals surface area (Å²) in [6.07, 6.45) is 2.03. The van der Waals surface area contributed by atoms with Crippen LogP contribution in [0.25, 0.3) is 0 Å². The SMILES string of the molecule is Cc1nc(C)c2c(n1)C(CCN)N(C)CC2. The Kier molecular flexibility index (Phi) is 3.21. The van der Waals surface area contributed by atoms with Crippen molar-refractivity contribution in [3.05, 3.63) is 22.8 Å². The highest BCUT2D eigenvalue weighted by Crippen LogP contribution is 2.30. The van der Waals surface area contributed by atoms with E-state index in [9.17, 15) is 0 Å². The van der Waals surface area contributed by atoms with Gasteiger partial charge in [0.15, 0.2) is 0 Å². The molecular formula is C12H20N4. The number of hydrogen-bond acceptors (Lipinski definition) is 4. The highest BCUT2D eigenvalue weighted by atomic mass is 15.2. The molecular weight excluding hydrogens is 200 g/mol. The molecule has 0 saturated heterocycles. The summed E-state index contributed by atoms with van der Waals surface area (Å²) < 4.78 is 0. The topological polar surface area (TPSA) is 55.0 Å². The highest BCUT2D eigenvalue weighted by Gasteiger charge is 2.27. The van der Waals surface area contributed by atoms with E-state index in [-0.39, 0.29) is 0 Å². The molecule has 1 aliphatic heterocycles. The number of nitrogens with two attached hydrogens (primary N) is 1. The Bertz CT molecular complexity index is 389. The molecule has 2 heterocycles. The van der Waals surface area contributed by atoms with Crippen molar-refractivity contribution in [1.82, 2.24) is 14.9 Å². The zero-order valence-electron chi connectivity index (χ0n) is 10.3. The molecule has 0 fully saturated rings.